The minimum Gasteiger partial charge on any atom is -0.508 e. The third-order valence-electron chi connectivity index (χ3n) is 3.78. The summed E-state index contributed by atoms with van der Waals surface area (Å²) in [5, 5.41) is 36.1. The smallest absolute Gasteiger partial charge is 0.318 e. The van der Waals surface area contributed by atoms with E-state index in [1.54, 1.807) is 30.3 Å². The predicted octanol–water partition coefficient (Wildman–Crippen LogP) is 3.17. The van der Waals surface area contributed by atoms with E-state index in [0.29, 0.717) is 4.88 Å². The van der Waals surface area contributed by atoms with Gasteiger partial charge in [-0.25, -0.2) is 0 Å². The van der Waals surface area contributed by atoms with Gasteiger partial charge in [-0.3, -0.25) is 10.1 Å². The molecule has 0 saturated heterocycles. The van der Waals surface area contributed by atoms with Gasteiger partial charge in [-0.2, -0.15) is 5.26 Å². The summed E-state index contributed by atoms with van der Waals surface area (Å²) in [6.45, 7) is 0. The standard InChI is InChI=1S/C17H13N3O4S/c1-19-17-15(20(22)23)14(10-5-2-3-6-12(10)21)11(9-18)16(24-17)13-7-4-8-25-13/h2-8,14,19,21H,1H3. The molecule has 2 aromatic rings. The number of allylic oxidation sites excluding steroid dienone is 1. The number of benzene rings is 1. The van der Waals surface area contributed by atoms with Crippen molar-refractivity contribution >= 4 is 17.1 Å². The van der Waals surface area contributed by atoms with E-state index in [2.05, 4.69) is 5.32 Å². The Morgan fingerprint density at radius 1 is 1.36 bits per heavy atom. The molecular formula is C17H13N3O4S. The van der Waals surface area contributed by atoms with Crippen LogP contribution in [0.5, 0.6) is 5.75 Å². The van der Waals surface area contributed by atoms with Crippen molar-refractivity contribution in [3.63, 3.8) is 0 Å². The van der Waals surface area contributed by atoms with Gasteiger partial charge in [0.25, 0.3) is 5.88 Å². The maximum atomic E-state index is 11.7. The summed E-state index contributed by atoms with van der Waals surface area (Å²) in [5.74, 6) is -0.974. The Hall–Kier alpha value is -3.31. The highest BCUT2D eigenvalue weighted by Gasteiger charge is 2.43. The van der Waals surface area contributed by atoms with Crippen LogP contribution in [0.3, 0.4) is 0 Å². The number of thiophene rings is 1. The average Bonchev–Trinajstić information content (AvgIpc) is 3.14. The van der Waals surface area contributed by atoms with Crippen LogP contribution in [0.4, 0.5) is 0 Å². The van der Waals surface area contributed by atoms with Crippen LogP contribution < -0.4 is 5.32 Å². The van der Waals surface area contributed by atoms with E-state index in [1.807, 2.05) is 11.4 Å². The molecule has 0 bridgehead atoms. The Kier molecular flexibility index (Phi) is 4.41. The first kappa shape index (κ1) is 16.5. The van der Waals surface area contributed by atoms with Crippen LogP contribution in [0.15, 0.2) is 58.9 Å². The van der Waals surface area contributed by atoms with Crippen LogP contribution in [0, 0.1) is 21.4 Å². The Morgan fingerprint density at radius 2 is 2.12 bits per heavy atom. The van der Waals surface area contributed by atoms with Gasteiger partial charge in [0.05, 0.1) is 21.4 Å². The average molecular weight is 355 g/mol. The zero-order chi connectivity index (χ0) is 18.0. The summed E-state index contributed by atoms with van der Waals surface area (Å²) in [6, 6.07) is 11.9. The summed E-state index contributed by atoms with van der Waals surface area (Å²) in [4.78, 5) is 11.8. The van der Waals surface area contributed by atoms with Gasteiger partial charge in [-0.15, -0.1) is 11.3 Å². The molecule has 1 aliphatic heterocycles. The van der Waals surface area contributed by atoms with Gasteiger partial charge in [-0.1, -0.05) is 24.3 Å². The molecule has 1 aliphatic rings. The van der Waals surface area contributed by atoms with Crippen molar-refractivity contribution in [2.75, 3.05) is 7.05 Å². The lowest BCUT2D eigenvalue weighted by Gasteiger charge is -2.25. The molecule has 3 rings (SSSR count). The summed E-state index contributed by atoms with van der Waals surface area (Å²) < 4.78 is 5.66. The highest BCUT2D eigenvalue weighted by atomic mass is 32.1. The van der Waals surface area contributed by atoms with E-state index in [-0.39, 0.29) is 34.2 Å². The highest BCUT2D eigenvalue weighted by Crippen LogP contribution is 2.45. The monoisotopic (exact) mass is 355 g/mol. The molecule has 2 heterocycles. The minimum absolute atomic E-state index is 0.0550. The highest BCUT2D eigenvalue weighted by molar-refractivity contribution is 7.11. The van der Waals surface area contributed by atoms with Crippen molar-refractivity contribution in [3.8, 4) is 11.8 Å². The van der Waals surface area contributed by atoms with Gasteiger partial charge in [0.15, 0.2) is 5.76 Å². The summed E-state index contributed by atoms with van der Waals surface area (Å²) in [7, 11) is 1.50. The summed E-state index contributed by atoms with van der Waals surface area (Å²) in [5.41, 5.74) is 0.0337. The topological polar surface area (TPSA) is 108 Å². The van der Waals surface area contributed by atoms with Crippen molar-refractivity contribution in [3.05, 3.63) is 79.5 Å². The largest absolute Gasteiger partial charge is 0.508 e. The second-order valence-corrected chi connectivity index (χ2v) is 6.09. The Morgan fingerprint density at radius 3 is 2.68 bits per heavy atom. The van der Waals surface area contributed by atoms with Gasteiger partial charge < -0.3 is 15.2 Å². The van der Waals surface area contributed by atoms with Gasteiger partial charge in [0.1, 0.15) is 11.7 Å². The number of nitrogens with one attached hydrogen (secondary N) is 1. The number of para-hydroxylation sites is 1. The number of nitro groups is 1. The zero-order valence-electron chi connectivity index (χ0n) is 13.1. The summed E-state index contributed by atoms with van der Waals surface area (Å²) in [6.07, 6.45) is 0. The predicted molar refractivity (Wildman–Crippen MR) is 91.9 cm³/mol. The number of aromatic hydroxyl groups is 1. The second kappa shape index (κ2) is 6.67. The molecular weight excluding hydrogens is 342 g/mol. The van der Waals surface area contributed by atoms with E-state index >= 15 is 0 Å². The number of phenolic OH excluding ortho intramolecular Hbond substituents is 1. The lowest BCUT2D eigenvalue weighted by Crippen LogP contribution is -2.26. The van der Waals surface area contributed by atoms with Gasteiger partial charge in [-0.05, 0) is 17.5 Å². The summed E-state index contributed by atoms with van der Waals surface area (Å²) >= 11 is 1.36. The van der Waals surface area contributed by atoms with Crippen LogP contribution in [-0.4, -0.2) is 17.1 Å². The molecule has 25 heavy (non-hydrogen) atoms. The number of hydrogen-bond acceptors (Lipinski definition) is 7. The molecule has 0 saturated carbocycles. The molecule has 2 N–H and O–H groups in total. The minimum atomic E-state index is -1.05. The molecule has 8 heteroatoms. The lowest BCUT2D eigenvalue weighted by atomic mass is 9.86. The van der Waals surface area contributed by atoms with Crippen molar-refractivity contribution < 1.29 is 14.8 Å². The Bertz CT molecular complexity index is 926. The number of nitrogens with zero attached hydrogens (tertiary/aromatic N) is 2. The normalized spacial score (nSPS) is 17.0. The Balaban J connectivity index is 2.31. The van der Waals surface area contributed by atoms with Crippen LogP contribution in [-0.2, 0) is 4.74 Å². The molecule has 0 radical (unpaired) electrons. The molecule has 1 atom stereocenters. The van der Waals surface area contributed by atoms with Crippen LogP contribution >= 0.6 is 11.3 Å². The lowest BCUT2D eigenvalue weighted by molar-refractivity contribution is -0.433. The second-order valence-electron chi connectivity index (χ2n) is 5.15. The van der Waals surface area contributed by atoms with Gasteiger partial charge >= 0.3 is 5.70 Å². The first-order valence-corrected chi connectivity index (χ1v) is 8.16. The van der Waals surface area contributed by atoms with Crippen LogP contribution in [0.1, 0.15) is 16.4 Å². The molecule has 1 unspecified atom stereocenters. The maximum Gasteiger partial charge on any atom is 0.318 e. The molecule has 0 fully saturated rings. The quantitative estimate of drug-likeness (QED) is 0.644. The molecule has 0 amide bonds. The number of hydrogen-bond donors (Lipinski definition) is 2. The van der Waals surface area contributed by atoms with Gasteiger partial charge in [0, 0.05) is 12.6 Å². The number of nitriles is 1. The SMILES string of the molecule is CNC1=C([N+](=O)[O-])C(c2ccccc2O)C(C#N)=C(c2cccs2)O1. The van der Waals surface area contributed by atoms with E-state index < -0.39 is 10.8 Å². The van der Waals surface area contributed by atoms with Crippen LogP contribution in [0.2, 0.25) is 0 Å². The molecule has 126 valence electrons. The fourth-order valence-corrected chi connectivity index (χ4v) is 3.44. The molecule has 0 aliphatic carbocycles. The van der Waals surface area contributed by atoms with E-state index in [1.165, 1.54) is 24.5 Å². The van der Waals surface area contributed by atoms with E-state index in [9.17, 15) is 20.5 Å². The Labute approximate surface area is 147 Å². The molecule has 0 spiro atoms. The molecule has 1 aromatic heterocycles. The first-order valence-electron chi connectivity index (χ1n) is 7.28. The fourth-order valence-electron chi connectivity index (χ4n) is 2.72. The third kappa shape index (κ3) is 2.81. The first-order chi connectivity index (χ1) is 12.1. The number of ether oxygens (including phenoxy) is 1. The molecule has 1 aromatic carbocycles. The fraction of sp³-hybridized carbons (Fsp3) is 0.118. The van der Waals surface area contributed by atoms with E-state index in [0.717, 1.165) is 0 Å². The van der Waals surface area contributed by atoms with Crippen molar-refractivity contribution in [2.45, 2.75) is 5.92 Å². The zero-order valence-corrected chi connectivity index (χ0v) is 13.9. The molecule has 7 nitrogen and oxygen atoms in total. The third-order valence-corrected chi connectivity index (χ3v) is 4.65. The maximum absolute atomic E-state index is 11.7. The van der Waals surface area contributed by atoms with Crippen molar-refractivity contribution in [1.82, 2.24) is 5.32 Å². The van der Waals surface area contributed by atoms with Crippen molar-refractivity contribution in [2.24, 2.45) is 0 Å². The number of phenols is 1. The van der Waals surface area contributed by atoms with E-state index in [4.69, 9.17) is 4.74 Å². The van der Waals surface area contributed by atoms with Crippen molar-refractivity contribution in [1.29, 1.82) is 5.26 Å². The van der Waals surface area contributed by atoms with Gasteiger partial charge in [0.2, 0.25) is 0 Å². The van der Waals surface area contributed by atoms with Crippen LogP contribution in [0.25, 0.3) is 5.76 Å². The number of rotatable bonds is 4.